The van der Waals surface area contributed by atoms with Crippen LogP contribution in [0.3, 0.4) is 0 Å². The van der Waals surface area contributed by atoms with E-state index in [2.05, 4.69) is 4.72 Å². The Labute approximate surface area is 182 Å². The fourth-order valence-electron chi connectivity index (χ4n) is 3.22. The van der Waals surface area contributed by atoms with Crippen molar-refractivity contribution >= 4 is 17.3 Å². The second-order valence-electron chi connectivity index (χ2n) is 8.34. The molecule has 0 aliphatic heterocycles. The molecule has 0 aromatic heterocycles. The lowest BCUT2D eigenvalue weighted by molar-refractivity contribution is -0.140. The highest BCUT2D eigenvalue weighted by molar-refractivity contribution is 7.90. The van der Waals surface area contributed by atoms with E-state index >= 15 is 4.39 Å². The number of carboxylic acid groups (broad SMARTS) is 1. The van der Waals surface area contributed by atoms with Crippen LogP contribution in [0, 0.1) is 19.7 Å². The predicted octanol–water partition coefficient (Wildman–Crippen LogP) is 5.70. The van der Waals surface area contributed by atoms with Crippen molar-refractivity contribution in [2.24, 2.45) is 0 Å². The van der Waals surface area contributed by atoms with Crippen LogP contribution >= 0.6 is 0 Å². The van der Waals surface area contributed by atoms with Gasteiger partial charge in [-0.25, -0.2) is 4.39 Å². The molecule has 0 unspecified atom stereocenters. The molecule has 31 heavy (non-hydrogen) atoms. The average Bonchev–Trinajstić information content (AvgIpc) is 2.59. The number of hydrogen-bond donors (Lipinski definition) is 2. The number of nitrogens with one attached hydrogen (secondary N) is 1. The standard InChI is InChI=1S/C22H25F4NO3S/c1-12-7-6-8-13(2)19(12)14-9-15(20(23)16(10-14)22(24,25)26)17(11-18(28)29)27-31(30)21(3,4)5/h6-10,17,27H,11H2,1-5H3,(H,28,29)/t17-,31+/m0/s1. The highest BCUT2D eigenvalue weighted by Crippen LogP contribution is 2.40. The van der Waals surface area contributed by atoms with Crippen LogP contribution in [-0.2, 0) is 22.3 Å². The summed E-state index contributed by atoms with van der Waals surface area (Å²) >= 11 is -1.84. The number of halogens is 4. The maximum Gasteiger partial charge on any atom is 0.419 e. The van der Waals surface area contributed by atoms with E-state index < -0.39 is 57.7 Å². The number of aryl methyl sites for hydroxylation is 2. The molecule has 0 radical (unpaired) electrons. The topological polar surface area (TPSA) is 72.4 Å². The Balaban J connectivity index is 2.77. The summed E-state index contributed by atoms with van der Waals surface area (Å²) < 4.78 is 70.3. The summed E-state index contributed by atoms with van der Waals surface area (Å²) in [5.74, 6) is -2.94. The molecular weight excluding hydrogens is 434 g/mol. The van der Waals surface area contributed by atoms with E-state index in [1.807, 2.05) is 0 Å². The zero-order valence-electron chi connectivity index (χ0n) is 17.9. The van der Waals surface area contributed by atoms with Crippen molar-refractivity contribution in [3.8, 4) is 11.1 Å². The first-order valence-corrected chi connectivity index (χ1v) is 10.6. The van der Waals surface area contributed by atoms with E-state index in [-0.39, 0.29) is 5.56 Å². The van der Waals surface area contributed by atoms with E-state index in [0.29, 0.717) is 16.7 Å². The molecule has 2 N–H and O–H groups in total. The fraction of sp³-hybridized carbons (Fsp3) is 0.409. The minimum Gasteiger partial charge on any atom is -0.598 e. The van der Waals surface area contributed by atoms with E-state index in [9.17, 15) is 27.6 Å². The van der Waals surface area contributed by atoms with E-state index in [1.165, 1.54) is 6.07 Å². The van der Waals surface area contributed by atoms with Crippen LogP contribution in [0.15, 0.2) is 30.3 Å². The van der Waals surface area contributed by atoms with Crippen molar-refractivity contribution < 1.29 is 32.0 Å². The quantitative estimate of drug-likeness (QED) is 0.430. The van der Waals surface area contributed by atoms with E-state index in [0.717, 1.165) is 6.07 Å². The predicted molar refractivity (Wildman–Crippen MR) is 112 cm³/mol. The maximum atomic E-state index is 15.1. The van der Waals surface area contributed by atoms with Crippen molar-refractivity contribution in [1.29, 1.82) is 0 Å². The maximum absolute atomic E-state index is 15.1. The highest BCUT2D eigenvalue weighted by Gasteiger charge is 2.39. The van der Waals surface area contributed by atoms with Crippen molar-refractivity contribution in [3.63, 3.8) is 0 Å². The zero-order valence-corrected chi connectivity index (χ0v) is 18.7. The van der Waals surface area contributed by atoms with Gasteiger partial charge in [-0.2, -0.15) is 13.2 Å². The van der Waals surface area contributed by atoms with Gasteiger partial charge in [0.1, 0.15) is 10.6 Å². The second-order valence-corrected chi connectivity index (χ2v) is 10.3. The molecule has 9 heteroatoms. The summed E-state index contributed by atoms with van der Waals surface area (Å²) in [5, 5.41) is 9.27. The molecule has 0 bridgehead atoms. The second kappa shape index (κ2) is 9.18. The Bertz CT molecular complexity index is 950. The van der Waals surface area contributed by atoms with Crippen LogP contribution in [0.5, 0.6) is 0 Å². The molecule has 2 aromatic rings. The molecule has 0 heterocycles. The van der Waals surface area contributed by atoms with Crippen LogP contribution in [-0.4, -0.2) is 20.4 Å². The number of carbonyl (C=O) groups is 1. The third-order valence-corrected chi connectivity index (χ3v) is 6.35. The Hall–Kier alpha value is -2.10. The molecule has 0 amide bonds. The average molecular weight is 460 g/mol. The van der Waals surface area contributed by atoms with Gasteiger partial charge in [0.25, 0.3) is 0 Å². The third kappa shape index (κ3) is 5.99. The van der Waals surface area contributed by atoms with Crippen molar-refractivity contribution in [2.45, 2.75) is 58.0 Å². The smallest absolute Gasteiger partial charge is 0.419 e. The lowest BCUT2D eigenvalue weighted by atomic mass is 9.90. The van der Waals surface area contributed by atoms with Crippen LogP contribution in [0.2, 0.25) is 0 Å². The highest BCUT2D eigenvalue weighted by atomic mass is 32.2. The number of benzene rings is 2. The summed E-state index contributed by atoms with van der Waals surface area (Å²) in [6, 6.07) is 5.71. The van der Waals surface area contributed by atoms with Gasteiger partial charge in [0.2, 0.25) is 0 Å². The molecule has 0 saturated carbocycles. The van der Waals surface area contributed by atoms with Gasteiger partial charge >= 0.3 is 12.1 Å². The number of aliphatic carboxylic acids is 1. The molecule has 0 spiro atoms. The molecule has 0 aliphatic carbocycles. The van der Waals surface area contributed by atoms with Crippen LogP contribution in [0.25, 0.3) is 11.1 Å². The van der Waals surface area contributed by atoms with Gasteiger partial charge in [0.05, 0.1) is 18.0 Å². The largest absolute Gasteiger partial charge is 0.598 e. The molecule has 170 valence electrons. The fourth-order valence-corrected chi connectivity index (χ4v) is 4.04. The number of alkyl halides is 3. The molecule has 2 aromatic carbocycles. The number of rotatable bonds is 6. The summed E-state index contributed by atoms with van der Waals surface area (Å²) in [6.07, 6.45) is -5.74. The molecule has 0 saturated heterocycles. The zero-order chi connectivity index (χ0) is 23.7. The first-order chi connectivity index (χ1) is 14.1. The molecule has 4 nitrogen and oxygen atoms in total. The third-order valence-electron chi connectivity index (χ3n) is 4.74. The molecule has 2 rings (SSSR count). The van der Waals surface area contributed by atoms with Gasteiger partial charge < -0.3 is 9.66 Å². The summed E-state index contributed by atoms with van der Waals surface area (Å²) in [5.41, 5.74) is -0.00873. The van der Waals surface area contributed by atoms with Gasteiger partial charge in [-0.3, -0.25) is 4.79 Å². The number of hydrogen-bond acceptors (Lipinski definition) is 3. The van der Waals surface area contributed by atoms with Crippen molar-refractivity contribution in [2.75, 3.05) is 0 Å². The lowest BCUT2D eigenvalue weighted by Crippen LogP contribution is -2.42. The van der Waals surface area contributed by atoms with E-state index in [1.54, 1.807) is 52.8 Å². The normalized spacial score (nSPS) is 14.4. The van der Waals surface area contributed by atoms with Gasteiger partial charge in [-0.15, -0.1) is 4.72 Å². The van der Waals surface area contributed by atoms with Crippen LogP contribution in [0.4, 0.5) is 17.6 Å². The Kier molecular flexibility index (Phi) is 7.45. The van der Waals surface area contributed by atoms with Crippen LogP contribution < -0.4 is 4.72 Å². The molecular formula is C22H25F4NO3S. The minimum absolute atomic E-state index is 0.109. The summed E-state index contributed by atoms with van der Waals surface area (Å²) in [7, 11) is 0. The monoisotopic (exact) mass is 459 g/mol. The van der Waals surface area contributed by atoms with Crippen molar-refractivity contribution in [3.05, 3.63) is 58.4 Å². The van der Waals surface area contributed by atoms with E-state index in [4.69, 9.17) is 0 Å². The van der Waals surface area contributed by atoms with Gasteiger partial charge in [0, 0.05) is 16.9 Å². The minimum atomic E-state index is -5.00. The summed E-state index contributed by atoms with van der Waals surface area (Å²) in [6.45, 7) is 8.27. The molecule has 2 atom stereocenters. The Morgan fingerprint density at radius 2 is 1.71 bits per heavy atom. The first-order valence-electron chi connectivity index (χ1n) is 9.50. The van der Waals surface area contributed by atoms with Gasteiger partial charge in [-0.05, 0) is 69.0 Å². The Morgan fingerprint density at radius 1 is 1.16 bits per heavy atom. The van der Waals surface area contributed by atoms with Crippen molar-refractivity contribution in [1.82, 2.24) is 4.72 Å². The Morgan fingerprint density at radius 3 is 2.16 bits per heavy atom. The molecule has 0 aliphatic rings. The SMILES string of the molecule is Cc1cccc(C)c1-c1cc([C@H](CC(=O)O)N[S@+]([O-])C(C)(C)C)c(F)c(C(F)(F)F)c1. The molecule has 0 fully saturated rings. The van der Waals surface area contributed by atoms with Crippen LogP contribution in [0.1, 0.15) is 55.5 Å². The van der Waals surface area contributed by atoms with Gasteiger partial charge in [0.15, 0.2) is 0 Å². The van der Waals surface area contributed by atoms with Gasteiger partial charge in [-0.1, -0.05) is 18.2 Å². The lowest BCUT2D eigenvalue weighted by Gasteiger charge is -2.28. The first kappa shape index (κ1) is 25.2. The number of carboxylic acids is 1. The summed E-state index contributed by atoms with van der Waals surface area (Å²) in [4.78, 5) is 11.4.